The number of hydrogen-bond acceptors (Lipinski definition) is 4. The molecule has 0 unspecified atom stereocenters. The van der Waals surface area contributed by atoms with Crippen LogP contribution in [0.4, 0.5) is 13.2 Å². The van der Waals surface area contributed by atoms with Gasteiger partial charge in [-0.25, -0.2) is 4.98 Å². The van der Waals surface area contributed by atoms with Crippen molar-refractivity contribution in [2.75, 3.05) is 6.54 Å². The molecular weight excluding hydrogens is 433 g/mol. The van der Waals surface area contributed by atoms with Crippen LogP contribution >= 0.6 is 0 Å². The lowest BCUT2D eigenvalue weighted by atomic mass is 9.81. The van der Waals surface area contributed by atoms with E-state index in [0.29, 0.717) is 37.1 Å². The zero-order valence-corrected chi connectivity index (χ0v) is 18.2. The van der Waals surface area contributed by atoms with Gasteiger partial charge in [-0.3, -0.25) is 9.78 Å². The number of imidazole rings is 1. The molecular formula is C24H23F3N4O2. The zero-order chi connectivity index (χ0) is 23.0. The molecule has 2 aromatic rings. The average Bonchev–Trinajstić information content (AvgIpc) is 3.55. The number of ether oxygens (including phenoxy) is 1. The molecule has 2 atom stereocenters. The maximum atomic E-state index is 13.7. The second kappa shape index (κ2) is 6.75. The van der Waals surface area contributed by atoms with E-state index in [0.717, 1.165) is 11.3 Å². The predicted octanol–water partition coefficient (Wildman–Crippen LogP) is 3.76. The van der Waals surface area contributed by atoms with Crippen molar-refractivity contribution in [3.05, 3.63) is 41.7 Å². The van der Waals surface area contributed by atoms with Gasteiger partial charge in [-0.2, -0.15) is 13.2 Å². The largest absolute Gasteiger partial charge is 0.487 e. The van der Waals surface area contributed by atoms with Crippen LogP contribution in [0.5, 0.6) is 5.75 Å². The van der Waals surface area contributed by atoms with Gasteiger partial charge in [0, 0.05) is 31.4 Å². The van der Waals surface area contributed by atoms with Gasteiger partial charge >= 0.3 is 6.18 Å². The van der Waals surface area contributed by atoms with Gasteiger partial charge in [-0.1, -0.05) is 5.92 Å². The van der Waals surface area contributed by atoms with Crippen LogP contribution in [0.3, 0.4) is 0 Å². The molecule has 0 spiro atoms. The second-order valence-electron chi connectivity index (χ2n) is 9.93. The lowest BCUT2D eigenvalue weighted by Gasteiger charge is -2.34. The average molecular weight is 456 g/mol. The van der Waals surface area contributed by atoms with E-state index in [2.05, 4.69) is 21.8 Å². The third-order valence-electron chi connectivity index (χ3n) is 8.13. The van der Waals surface area contributed by atoms with Crippen LogP contribution < -0.4 is 4.74 Å². The van der Waals surface area contributed by atoms with Crippen molar-refractivity contribution in [2.45, 2.75) is 56.8 Å². The topological polar surface area (TPSA) is 60.2 Å². The van der Waals surface area contributed by atoms with Gasteiger partial charge in [0.25, 0.3) is 0 Å². The Bertz CT molecular complexity index is 1200. The summed E-state index contributed by atoms with van der Waals surface area (Å²) in [5, 5.41) is 0. The summed E-state index contributed by atoms with van der Waals surface area (Å²) in [5.74, 6) is 6.64. The molecule has 6 rings (SSSR count). The Morgan fingerprint density at radius 1 is 1.15 bits per heavy atom. The number of likely N-dealkylation sites (tertiary alicyclic amines) is 1. The lowest BCUT2D eigenvalue weighted by Crippen LogP contribution is -2.41. The Hall–Kier alpha value is -3.02. The molecule has 33 heavy (non-hydrogen) atoms. The Labute approximate surface area is 189 Å². The smallest absolute Gasteiger partial charge is 0.394 e. The molecule has 0 N–H and O–H groups in total. The van der Waals surface area contributed by atoms with Crippen LogP contribution in [-0.2, 0) is 11.8 Å². The third kappa shape index (κ3) is 2.92. The van der Waals surface area contributed by atoms with Crippen LogP contribution in [0, 0.1) is 22.7 Å². The number of nitrogens with zero attached hydrogens (tertiary/aromatic N) is 4. The van der Waals surface area contributed by atoms with Crippen molar-refractivity contribution < 1.29 is 22.7 Å². The Kier molecular flexibility index (Phi) is 4.21. The molecule has 9 heteroatoms. The molecule has 4 heterocycles. The van der Waals surface area contributed by atoms with Crippen LogP contribution in [0.1, 0.15) is 61.4 Å². The minimum Gasteiger partial charge on any atom is -0.487 e. The molecule has 2 aliphatic carbocycles. The molecule has 0 aromatic carbocycles. The van der Waals surface area contributed by atoms with E-state index in [9.17, 15) is 18.0 Å². The summed E-state index contributed by atoms with van der Waals surface area (Å²) >= 11 is 0. The van der Waals surface area contributed by atoms with E-state index >= 15 is 0 Å². The molecule has 2 aromatic heterocycles. The minimum absolute atomic E-state index is 0.0482. The number of aromatic nitrogens is 3. The lowest BCUT2D eigenvalue weighted by molar-refractivity contribution is -0.220. The van der Waals surface area contributed by atoms with Gasteiger partial charge in [-0.05, 0) is 38.0 Å². The first-order chi connectivity index (χ1) is 15.7. The summed E-state index contributed by atoms with van der Waals surface area (Å²) in [4.78, 5) is 23.8. The number of rotatable bonds is 1. The fourth-order valence-electron chi connectivity index (χ4n) is 6.29. The molecule has 0 radical (unpaired) electrons. The summed E-state index contributed by atoms with van der Waals surface area (Å²) in [7, 11) is 1.86. The van der Waals surface area contributed by atoms with Crippen molar-refractivity contribution in [2.24, 2.45) is 17.9 Å². The van der Waals surface area contributed by atoms with Gasteiger partial charge in [0.05, 0.1) is 41.5 Å². The van der Waals surface area contributed by atoms with E-state index in [4.69, 9.17) is 4.74 Å². The van der Waals surface area contributed by atoms with Crippen molar-refractivity contribution in [1.29, 1.82) is 0 Å². The number of alkyl halides is 3. The minimum atomic E-state index is -4.26. The SMILES string of the molecule is Cn1cncc1C#Cc1cncc2c1O[C@H]1C[C@@H]2N(C(=O)C23CCC(C(F)(F)F)(CC2)C3)C1. The fraction of sp³-hybridized carbons (Fsp3) is 0.542. The molecule has 3 fully saturated rings. The second-order valence-corrected chi connectivity index (χ2v) is 9.93. The first-order valence-corrected chi connectivity index (χ1v) is 11.2. The number of amides is 1. The van der Waals surface area contributed by atoms with Crippen molar-refractivity contribution in [3.63, 3.8) is 0 Å². The molecule has 4 aliphatic rings. The standard InChI is InChI=1S/C24H23F3N4O2/c1-30-14-29-10-16(30)3-2-15-9-28-11-18-19-8-17(33-20(15)18)12-31(19)21(32)22-4-6-23(13-22,7-5-22)24(25,26)27/h9-11,14,17,19H,4-8,12-13H2,1H3/t17-,19-,22?,23?/m0/s1. The number of pyridine rings is 1. The van der Waals surface area contributed by atoms with Crippen molar-refractivity contribution >= 4 is 5.91 Å². The number of carbonyl (C=O) groups excluding carboxylic acids is 1. The highest BCUT2D eigenvalue weighted by Gasteiger charge is 2.69. The normalized spacial score (nSPS) is 31.7. The van der Waals surface area contributed by atoms with Gasteiger partial charge < -0.3 is 14.2 Å². The molecule has 172 valence electrons. The first-order valence-electron chi connectivity index (χ1n) is 11.2. The summed E-state index contributed by atoms with van der Waals surface area (Å²) in [6, 6.07) is -0.243. The maximum absolute atomic E-state index is 13.7. The predicted molar refractivity (Wildman–Crippen MR) is 111 cm³/mol. The maximum Gasteiger partial charge on any atom is 0.394 e. The van der Waals surface area contributed by atoms with Gasteiger partial charge in [0.2, 0.25) is 5.91 Å². The van der Waals surface area contributed by atoms with E-state index in [1.54, 1.807) is 29.8 Å². The summed E-state index contributed by atoms with van der Waals surface area (Å²) in [6.07, 6.45) is 3.47. The highest BCUT2D eigenvalue weighted by molar-refractivity contribution is 5.85. The molecule has 2 aliphatic heterocycles. The first kappa shape index (κ1) is 20.6. The molecule has 4 bridgehead atoms. The third-order valence-corrected chi connectivity index (χ3v) is 8.13. The van der Waals surface area contributed by atoms with Crippen LogP contribution in [0.15, 0.2) is 24.9 Å². The fourth-order valence-corrected chi connectivity index (χ4v) is 6.29. The summed E-state index contributed by atoms with van der Waals surface area (Å²) in [6.45, 7) is 0.382. The van der Waals surface area contributed by atoms with E-state index in [1.165, 1.54) is 0 Å². The number of fused-ring (bicyclic) bond motifs is 6. The molecule has 1 saturated heterocycles. The van der Waals surface area contributed by atoms with Gasteiger partial charge in [-0.15, -0.1) is 0 Å². The number of hydrogen-bond donors (Lipinski definition) is 0. The Balaban J connectivity index is 1.30. The van der Waals surface area contributed by atoms with E-state index in [1.807, 2.05) is 11.6 Å². The quantitative estimate of drug-likeness (QED) is 0.613. The zero-order valence-electron chi connectivity index (χ0n) is 18.2. The molecule has 6 nitrogen and oxygen atoms in total. The molecule has 2 saturated carbocycles. The highest BCUT2D eigenvalue weighted by Crippen LogP contribution is 2.68. The Morgan fingerprint density at radius 2 is 1.94 bits per heavy atom. The Morgan fingerprint density at radius 3 is 2.61 bits per heavy atom. The number of carbonyl (C=O) groups is 1. The number of halogens is 3. The molecule has 1 amide bonds. The highest BCUT2D eigenvalue weighted by atomic mass is 19.4. The van der Waals surface area contributed by atoms with Crippen molar-refractivity contribution in [1.82, 2.24) is 19.4 Å². The summed E-state index contributed by atoms with van der Waals surface area (Å²) < 4.78 is 49.2. The number of aryl methyl sites for hydroxylation is 1. The van der Waals surface area contributed by atoms with Gasteiger partial charge in [0.15, 0.2) is 0 Å². The van der Waals surface area contributed by atoms with E-state index in [-0.39, 0.29) is 37.3 Å². The van der Waals surface area contributed by atoms with E-state index < -0.39 is 17.0 Å². The summed E-state index contributed by atoms with van der Waals surface area (Å²) in [5.41, 5.74) is -0.436. The monoisotopic (exact) mass is 456 g/mol. The van der Waals surface area contributed by atoms with Crippen molar-refractivity contribution in [3.8, 4) is 17.6 Å². The van der Waals surface area contributed by atoms with Crippen LogP contribution in [-0.4, -0.2) is 44.2 Å². The van der Waals surface area contributed by atoms with Crippen LogP contribution in [0.25, 0.3) is 0 Å². The van der Waals surface area contributed by atoms with Crippen LogP contribution in [0.2, 0.25) is 0 Å². The van der Waals surface area contributed by atoms with Gasteiger partial charge in [0.1, 0.15) is 17.5 Å².